The number of anilines is 1. The van der Waals surface area contributed by atoms with Crippen molar-refractivity contribution in [2.45, 2.75) is 13.8 Å². The number of nitrogens with zero attached hydrogens (tertiary/aromatic N) is 2. The number of phenols is 1. The fraction of sp³-hybridized carbons (Fsp3) is 0.120. The highest BCUT2D eigenvalue weighted by atomic mass is 79.9. The van der Waals surface area contributed by atoms with E-state index in [2.05, 4.69) is 36.8 Å². The Morgan fingerprint density at radius 2 is 1.91 bits per heavy atom. The molecule has 2 aromatic heterocycles. The van der Waals surface area contributed by atoms with Crippen molar-refractivity contribution >= 4 is 61.2 Å². The highest BCUT2D eigenvalue weighted by Crippen LogP contribution is 2.38. The Hall–Kier alpha value is -3.76. The molecule has 2 heterocycles. The molecular formula is C25H21BrN4O4S. The van der Waals surface area contributed by atoms with Crippen molar-refractivity contribution in [1.82, 2.24) is 10.4 Å². The monoisotopic (exact) mass is 552 g/mol. The number of para-hydroxylation sites is 1. The molecule has 8 nitrogen and oxygen atoms in total. The van der Waals surface area contributed by atoms with Crippen molar-refractivity contribution in [3.05, 3.63) is 80.3 Å². The Morgan fingerprint density at radius 1 is 1.14 bits per heavy atom. The number of nitrogens with one attached hydrogen (secondary N) is 2. The summed E-state index contributed by atoms with van der Waals surface area (Å²) in [4.78, 5) is 31.7. The molecule has 3 N–H and O–H groups in total. The second-order valence-corrected chi connectivity index (χ2v) is 9.54. The van der Waals surface area contributed by atoms with Crippen LogP contribution in [0.1, 0.15) is 36.9 Å². The molecule has 0 spiro atoms. The molecule has 2 aromatic carbocycles. The van der Waals surface area contributed by atoms with E-state index in [1.54, 1.807) is 36.4 Å². The zero-order valence-corrected chi connectivity index (χ0v) is 21.5. The van der Waals surface area contributed by atoms with Gasteiger partial charge in [0.1, 0.15) is 21.2 Å². The van der Waals surface area contributed by atoms with E-state index < -0.39 is 11.8 Å². The molecule has 2 amide bonds. The van der Waals surface area contributed by atoms with Gasteiger partial charge in [-0.3, -0.25) is 9.59 Å². The second kappa shape index (κ2) is 10.2. The maximum atomic E-state index is 13.2. The first-order valence-electron chi connectivity index (χ1n) is 10.5. The number of aromatic nitrogens is 1. The van der Waals surface area contributed by atoms with Gasteiger partial charge in [0.25, 0.3) is 11.8 Å². The first-order chi connectivity index (χ1) is 16.8. The minimum Gasteiger partial charge on any atom is -0.507 e. The summed E-state index contributed by atoms with van der Waals surface area (Å²) < 4.78 is 6.07. The summed E-state index contributed by atoms with van der Waals surface area (Å²) in [6, 6.07) is 13.6. The third-order valence-electron chi connectivity index (χ3n) is 5.14. The number of pyridine rings is 1. The fourth-order valence-electron chi connectivity index (χ4n) is 3.57. The number of halogens is 1. The van der Waals surface area contributed by atoms with Crippen LogP contribution >= 0.6 is 27.3 Å². The van der Waals surface area contributed by atoms with Crippen molar-refractivity contribution in [2.75, 3.05) is 12.4 Å². The first-order valence-corrected chi connectivity index (χ1v) is 12.1. The predicted octanol–water partition coefficient (Wildman–Crippen LogP) is 5.41. The number of phenolic OH excluding ortho intramolecular Hbond substituents is 1. The Labute approximate surface area is 213 Å². The Morgan fingerprint density at radius 3 is 2.69 bits per heavy atom. The number of hydrogen-bond donors (Lipinski definition) is 3. The van der Waals surface area contributed by atoms with Crippen molar-refractivity contribution in [3.8, 4) is 11.5 Å². The molecule has 0 saturated carbocycles. The molecule has 178 valence electrons. The van der Waals surface area contributed by atoms with E-state index in [4.69, 9.17) is 4.74 Å². The molecule has 0 aliphatic rings. The minimum atomic E-state index is -0.522. The Kier molecular flexibility index (Phi) is 7.13. The number of carbonyl (C=O) groups is 2. The van der Waals surface area contributed by atoms with Crippen LogP contribution in [0.3, 0.4) is 0 Å². The molecule has 0 saturated heterocycles. The number of hydrogen-bond acceptors (Lipinski definition) is 7. The first kappa shape index (κ1) is 24.4. The average Bonchev–Trinajstić information content (AvgIpc) is 3.19. The summed E-state index contributed by atoms with van der Waals surface area (Å²) >= 11 is 4.49. The van der Waals surface area contributed by atoms with Crippen LogP contribution in [0.2, 0.25) is 0 Å². The number of aromatic hydroxyl groups is 1. The van der Waals surface area contributed by atoms with Crippen molar-refractivity contribution in [1.29, 1.82) is 0 Å². The number of methoxy groups -OCH3 is 1. The summed E-state index contributed by atoms with van der Waals surface area (Å²) in [5, 5.41) is 17.5. The van der Waals surface area contributed by atoms with Crippen LogP contribution in [0.25, 0.3) is 10.2 Å². The van der Waals surface area contributed by atoms with Gasteiger partial charge in [0, 0.05) is 21.1 Å². The quantitative estimate of drug-likeness (QED) is 0.219. The SMILES string of the molecule is COc1ccccc1C(=O)Nc1c(C(=O)N/N=C\c2cc(Br)ccc2O)sc2nc(C)cc(C)c12. The van der Waals surface area contributed by atoms with Crippen LogP contribution in [0.15, 0.2) is 58.1 Å². The van der Waals surface area contributed by atoms with E-state index in [0.29, 0.717) is 32.8 Å². The van der Waals surface area contributed by atoms with Gasteiger partial charge in [-0.25, -0.2) is 10.4 Å². The van der Waals surface area contributed by atoms with Crippen molar-refractivity contribution in [2.24, 2.45) is 5.10 Å². The van der Waals surface area contributed by atoms with Crippen LogP contribution in [0.5, 0.6) is 11.5 Å². The van der Waals surface area contributed by atoms with Crippen LogP contribution in [0, 0.1) is 13.8 Å². The van der Waals surface area contributed by atoms with E-state index in [-0.39, 0.29) is 10.6 Å². The summed E-state index contributed by atoms with van der Waals surface area (Å²) in [7, 11) is 1.49. The molecule has 10 heteroatoms. The normalized spacial score (nSPS) is 11.1. The zero-order valence-electron chi connectivity index (χ0n) is 19.0. The highest BCUT2D eigenvalue weighted by molar-refractivity contribution is 9.10. The lowest BCUT2D eigenvalue weighted by atomic mass is 10.1. The van der Waals surface area contributed by atoms with Gasteiger partial charge in [-0.1, -0.05) is 28.1 Å². The number of rotatable bonds is 6. The molecule has 35 heavy (non-hydrogen) atoms. The summed E-state index contributed by atoms with van der Waals surface area (Å²) in [6.07, 6.45) is 1.34. The third kappa shape index (κ3) is 5.18. The van der Waals surface area contributed by atoms with Crippen LogP contribution in [0.4, 0.5) is 5.69 Å². The van der Waals surface area contributed by atoms with E-state index in [1.165, 1.54) is 19.4 Å². The number of benzene rings is 2. The average molecular weight is 553 g/mol. The number of fused-ring (bicyclic) bond motifs is 1. The summed E-state index contributed by atoms with van der Waals surface area (Å²) in [6.45, 7) is 3.77. The Bertz CT molecular complexity index is 1480. The zero-order chi connectivity index (χ0) is 25.1. The summed E-state index contributed by atoms with van der Waals surface area (Å²) in [5.41, 5.74) is 5.26. The summed E-state index contributed by atoms with van der Waals surface area (Å²) in [5.74, 6) is -0.502. The van der Waals surface area contributed by atoms with Gasteiger partial charge in [0.2, 0.25) is 0 Å². The number of aryl methyl sites for hydroxylation is 2. The van der Waals surface area contributed by atoms with Crippen molar-refractivity contribution in [3.63, 3.8) is 0 Å². The lowest BCUT2D eigenvalue weighted by Gasteiger charge is -2.11. The van der Waals surface area contributed by atoms with Crippen LogP contribution in [-0.4, -0.2) is 35.2 Å². The van der Waals surface area contributed by atoms with Gasteiger partial charge in [0.05, 0.1) is 24.6 Å². The van der Waals surface area contributed by atoms with Gasteiger partial charge in [-0.2, -0.15) is 5.10 Å². The van der Waals surface area contributed by atoms with E-state index in [1.807, 2.05) is 19.9 Å². The molecule has 0 unspecified atom stereocenters. The molecule has 0 radical (unpaired) electrons. The minimum absolute atomic E-state index is 0.0214. The lowest BCUT2D eigenvalue weighted by Crippen LogP contribution is -2.20. The van der Waals surface area contributed by atoms with E-state index >= 15 is 0 Å². The van der Waals surface area contributed by atoms with Crippen LogP contribution in [-0.2, 0) is 0 Å². The number of amides is 2. The molecule has 0 bridgehead atoms. The second-order valence-electron chi connectivity index (χ2n) is 7.62. The number of hydrazone groups is 1. The van der Waals surface area contributed by atoms with Gasteiger partial charge in [-0.15, -0.1) is 11.3 Å². The molecule has 4 aromatic rings. The topological polar surface area (TPSA) is 113 Å². The highest BCUT2D eigenvalue weighted by Gasteiger charge is 2.24. The lowest BCUT2D eigenvalue weighted by molar-refractivity contribution is 0.0960. The molecule has 0 fully saturated rings. The third-order valence-corrected chi connectivity index (χ3v) is 6.72. The van der Waals surface area contributed by atoms with Crippen molar-refractivity contribution < 1.29 is 19.4 Å². The van der Waals surface area contributed by atoms with E-state index in [9.17, 15) is 14.7 Å². The van der Waals surface area contributed by atoms with Gasteiger partial charge >= 0.3 is 0 Å². The fourth-order valence-corrected chi connectivity index (χ4v) is 5.09. The molecule has 0 aliphatic carbocycles. The van der Waals surface area contributed by atoms with Gasteiger partial charge < -0.3 is 15.2 Å². The number of ether oxygens (including phenoxy) is 1. The van der Waals surface area contributed by atoms with E-state index in [0.717, 1.165) is 27.1 Å². The standard InChI is InChI=1S/C25H21BrN4O4S/c1-13-10-14(2)28-25-20(13)21(29-23(32)17-6-4-5-7-19(17)34-3)22(35-25)24(33)30-27-12-15-11-16(26)8-9-18(15)31/h4-12,31H,1-3H3,(H,29,32)(H,30,33)/b27-12-. The van der Waals surface area contributed by atoms with Gasteiger partial charge in [0.15, 0.2) is 0 Å². The largest absolute Gasteiger partial charge is 0.507 e. The van der Waals surface area contributed by atoms with Gasteiger partial charge in [-0.05, 0) is 55.8 Å². The van der Waals surface area contributed by atoms with Crippen LogP contribution < -0.4 is 15.5 Å². The molecule has 0 atom stereocenters. The maximum Gasteiger partial charge on any atom is 0.283 e. The molecular weight excluding hydrogens is 532 g/mol. The Balaban J connectivity index is 1.70. The predicted molar refractivity (Wildman–Crippen MR) is 141 cm³/mol. The maximum absolute atomic E-state index is 13.2. The number of thiophene rings is 1. The number of carbonyl (C=O) groups excluding carboxylic acids is 2. The molecule has 0 aliphatic heterocycles. The molecule has 4 rings (SSSR count). The smallest absolute Gasteiger partial charge is 0.283 e.